The minimum absolute atomic E-state index is 0.0401. The normalized spacial score (nSPS) is 26.2. The Morgan fingerprint density at radius 2 is 1.71 bits per heavy atom. The molecule has 1 heterocycles. The zero-order valence-electron chi connectivity index (χ0n) is 13.3. The molecule has 2 aliphatic rings. The van der Waals surface area contributed by atoms with Gasteiger partial charge < -0.3 is 20.7 Å². The van der Waals surface area contributed by atoms with Gasteiger partial charge in [0.05, 0.1) is 0 Å². The van der Waals surface area contributed by atoms with E-state index in [9.17, 15) is 14.4 Å². The van der Waals surface area contributed by atoms with Crippen LogP contribution in [-0.2, 0) is 9.53 Å². The van der Waals surface area contributed by atoms with Gasteiger partial charge in [-0.2, -0.15) is 0 Å². The van der Waals surface area contributed by atoms with Crippen LogP contribution < -0.4 is 16.0 Å². The van der Waals surface area contributed by atoms with Crippen LogP contribution in [0.2, 0.25) is 0 Å². The van der Waals surface area contributed by atoms with E-state index >= 15 is 0 Å². The van der Waals surface area contributed by atoms with Crippen LogP contribution in [-0.4, -0.2) is 42.6 Å². The van der Waals surface area contributed by atoms with Gasteiger partial charge in [0, 0.05) is 17.6 Å². The van der Waals surface area contributed by atoms with Crippen LogP contribution >= 0.6 is 0 Å². The maximum Gasteiger partial charge on any atom is 0.407 e. The number of hydrogen-bond acceptors (Lipinski definition) is 4. The topological polar surface area (TPSA) is 96.5 Å². The molecule has 128 valence electrons. The minimum Gasteiger partial charge on any atom is -0.447 e. The second-order valence-electron chi connectivity index (χ2n) is 6.14. The quantitative estimate of drug-likeness (QED) is 0.765. The second kappa shape index (κ2) is 7.33. The smallest absolute Gasteiger partial charge is 0.407 e. The van der Waals surface area contributed by atoms with Crippen LogP contribution in [0.4, 0.5) is 4.79 Å². The van der Waals surface area contributed by atoms with Gasteiger partial charge in [0.25, 0.3) is 5.91 Å². The molecule has 0 radical (unpaired) electrons. The number of cyclic esters (lactones) is 1. The fourth-order valence-corrected chi connectivity index (χ4v) is 3.13. The van der Waals surface area contributed by atoms with Crippen molar-refractivity contribution in [1.82, 2.24) is 16.0 Å². The number of ether oxygens (including phenoxy) is 1. The van der Waals surface area contributed by atoms with E-state index in [1.54, 1.807) is 12.1 Å². The molecule has 1 saturated heterocycles. The monoisotopic (exact) mass is 331 g/mol. The Hall–Kier alpha value is -2.57. The largest absolute Gasteiger partial charge is 0.447 e. The Morgan fingerprint density at radius 1 is 1.04 bits per heavy atom. The van der Waals surface area contributed by atoms with Crippen molar-refractivity contribution in [3.05, 3.63) is 35.9 Å². The van der Waals surface area contributed by atoms with Crippen molar-refractivity contribution in [3.63, 3.8) is 0 Å². The maximum atomic E-state index is 12.3. The summed E-state index contributed by atoms with van der Waals surface area (Å²) in [6.45, 7) is 0.0401. The van der Waals surface area contributed by atoms with E-state index in [1.165, 1.54) is 0 Å². The Balaban J connectivity index is 1.60. The number of nitrogens with one attached hydrogen (secondary N) is 3. The molecule has 3 atom stereocenters. The lowest BCUT2D eigenvalue weighted by Crippen LogP contribution is -2.56. The van der Waals surface area contributed by atoms with Crippen LogP contribution in [0.15, 0.2) is 30.3 Å². The number of rotatable bonds is 4. The first kappa shape index (κ1) is 16.3. The third kappa shape index (κ3) is 3.84. The summed E-state index contributed by atoms with van der Waals surface area (Å²) in [6, 6.07) is 8.09. The summed E-state index contributed by atoms with van der Waals surface area (Å²) in [6.07, 6.45) is 3.04. The van der Waals surface area contributed by atoms with E-state index in [-0.39, 0.29) is 30.5 Å². The highest BCUT2D eigenvalue weighted by Gasteiger charge is 2.33. The molecule has 0 spiro atoms. The molecule has 1 aromatic carbocycles. The maximum absolute atomic E-state index is 12.3. The van der Waals surface area contributed by atoms with E-state index < -0.39 is 12.1 Å². The molecule has 2 fully saturated rings. The average Bonchev–Trinajstić information content (AvgIpc) is 3.04. The van der Waals surface area contributed by atoms with Crippen molar-refractivity contribution in [2.45, 2.75) is 43.8 Å². The van der Waals surface area contributed by atoms with Crippen molar-refractivity contribution in [2.24, 2.45) is 0 Å². The van der Waals surface area contributed by atoms with Gasteiger partial charge in [-0.05, 0) is 25.0 Å². The highest BCUT2D eigenvalue weighted by atomic mass is 16.6. The lowest BCUT2D eigenvalue weighted by Gasteiger charge is -2.33. The third-order valence-corrected chi connectivity index (χ3v) is 4.44. The van der Waals surface area contributed by atoms with Gasteiger partial charge in [0.1, 0.15) is 12.6 Å². The molecule has 3 N–H and O–H groups in total. The van der Waals surface area contributed by atoms with Crippen LogP contribution in [0, 0.1) is 0 Å². The van der Waals surface area contributed by atoms with E-state index in [0.717, 1.165) is 25.7 Å². The Morgan fingerprint density at radius 3 is 2.33 bits per heavy atom. The average molecular weight is 331 g/mol. The molecule has 7 heteroatoms. The molecule has 1 aliphatic carbocycles. The lowest BCUT2D eigenvalue weighted by atomic mass is 9.89. The van der Waals surface area contributed by atoms with Crippen molar-refractivity contribution >= 4 is 17.9 Å². The van der Waals surface area contributed by atoms with Gasteiger partial charge in [0.15, 0.2) is 0 Å². The highest BCUT2D eigenvalue weighted by molar-refractivity contribution is 5.94. The lowest BCUT2D eigenvalue weighted by molar-refractivity contribution is -0.123. The number of amides is 3. The molecular formula is C17H21N3O4. The van der Waals surface area contributed by atoms with Gasteiger partial charge in [-0.3, -0.25) is 9.59 Å². The van der Waals surface area contributed by atoms with Crippen molar-refractivity contribution in [1.29, 1.82) is 0 Å². The fraction of sp³-hybridized carbons (Fsp3) is 0.471. The zero-order valence-corrected chi connectivity index (χ0v) is 13.3. The first-order valence-electron chi connectivity index (χ1n) is 8.23. The summed E-state index contributed by atoms with van der Waals surface area (Å²) < 4.78 is 4.74. The first-order chi connectivity index (χ1) is 11.6. The number of hydrogen-bond donors (Lipinski definition) is 3. The van der Waals surface area contributed by atoms with Crippen molar-refractivity contribution in [2.75, 3.05) is 6.61 Å². The summed E-state index contributed by atoms with van der Waals surface area (Å²) in [4.78, 5) is 35.6. The molecule has 3 amide bonds. The number of alkyl carbamates (subject to hydrolysis) is 1. The minimum atomic E-state index is -0.662. The molecule has 24 heavy (non-hydrogen) atoms. The Bertz CT molecular complexity index is 620. The summed E-state index contributed by atoms with van der Waals surface area (Å²) in [5, 5.41) is 8.42. The number of carbonyl (C=O) groups excluding carboxylic acids is 3. The third-order valence-electron chi connectivity index (χ3n) is 4.44. The summed E-state index contributed by atoms with van der Waals surface area (Å²) >= 11 is 0. The molecule has 1 saturated carbocycles. The van der Waals surface area contributed by atoms with Crippen LogP contribution in [0.5, 0.6) is 0 Å². The van der Waals surface area contributed by atoms with Gasteiger partial charge >= 0.3 is 6.09 Å². The predicted octanol–water partition coefficient (Wildman–Crippen LogP) is 0.952. The van der Waals surface area contributed by atoms with Crippen LogP contribution in [0.3, 0.4) is 0 Å². The Kier molecular flexibility index (Phi) is 4.98. The molecule has 0 unspecified atom stereocenters. The van der Waals surface area contributed by atoms with Gasteiger partial charge in [0.2, 0.25) is 5.91 Å². The predicted molar refractivity (Wildman–Crippen MR) is 86.4 cm³/mol. The number of benzene rings is 1. The molecular weight excluding hydrogens is 310 g/mol. The van der Waals surface area contributed by atoms with E-state index in [0.29, 0.717) is 5.56 Å². The van der Waals surface area contributed by atoms with Gasteiger partial charge in [-0.25, -0.2) is 4.79 Å². The van der Waals surface area contributed by atoms with Crippen LogP contribution in [0.1, 0.15) is 36.0 Å². The summed E-state index contributed by atoms with van der Waals surface area (Å²) in [5.41, 5.74) is 0.601. The van der Waals surface area contributed by atoms with E-state index in [1.807, 2.05) is 18.2 Å². The fourth-order valence-electron chi connectivity index (χ4n) is 3.13. The summed E-state index contributed by atoms with van der Waals surface area (Å²) in [5.74, 6) is -0.411. The standard InChI is InChI=1S/C17H21N3O4/c21-15(11-6-2-1-3-7-11)18-12-8-4-5-9-13(12)19-16(22)14-10-24-17(23)20-14/h1-3,6-7,12-14H,4-5,8-10H2,(H,18,21)(H,19,22)(H,20,23)/t12-,13-,14+/m1/s1. The molecule has 0 aromatic heterocycles. The summed E-state index contributed by atoms with van der Waals surface area (Å²) in [7, 11) is 0. The molecule has 3 rings (SSSR count). The van der Waals surface area contributed by atoms with E-state index in [4.69, 9.17) is 4.74 Å². The Labute approximate surface area is 140 Å². The number of carbonyl (C=O) groups is 3. The van der Waals surface area contributed by atoms with Crippen molar-refractivity contribution < 1.29 is 19.1 Å². The molecule has 0 bridgehead atoms. The van der Waals surface area contributed by atoms with Crippen LogP contribution in [0.25, 0.3) is 0 Å². The van der Waals surface area contributed by atoms with Crippen molar-refractivity contribution in [3.8, 4) is 0 Å². The zero-order chi connectivity index (χ0) is 16.9. The molecule has 1 aliphatic heterocycles. The van der Waals surface area contributed by atoms with E-state index in [2.05, 4.69) is 16.0 Å². The SMILES string of the molecule is O=C1N[C@H](C(=O)N[C@@H]2CCCC[C@H]2NC(=O)c2ccccc2)CO1. The first-order valence-corrected chi connectivity index (χ1v) is 8.23. The second-order valence-corrected chi connectivity index (χ2v) is 6.14. The molecule has 1 aromatic rings. The van der Waals surface area contributed by atoms with Gasteiger partial charge in [-0.1, -0.05) is 31.0 Å². The highest BCUT2D eigenvalue weighted by Crippen LogP contribution is 2.19. The van der Waals surface area contributed by atoms with Gasteiger partial charge in [-0.15, -0.1) is 0 Å². The molecule has 7 nitrogen and oxygen atoms in total.